The van der Waals surface area contributed by atoms with Gasteiger partial charge in [-0.1, -0.05) is 28.1 Å². The summed E-state index contributed by atoms with van der Waals surface area (Å²) in [6, 6.07) is 14.7. The molecule has 0 saturated heterocycles. The van der Waals surface area contributed by atoms with Crippen molar-refractivity contribution < 1.29 is 9.53 Å². The maximum absolute atomic E-state index is 11.9. The smallest absolute Gasteiger partial charge is 0.350 e. The molecule has 3 aromatic rings. The lowest BCUT2D eigenvalue weighted by Gasteiger charge is -2.21. The molecule has 150 valence electrons. The highest BCUT2D eigenvalue weighted by Gasteiger charge is 2.29. The van der Waals surface area contributed by atoms with Crippen LogP contribution in [0.5, 0.6) is 5.88 Å². The summed E-state index contributed by atoms with van der Waals surface area (Å²) in [4.78, 5) is 11.9. The predicted octanol–water partition coefficient (Wildman–Crippen LogP) is 3.35. The van der Waals surface area contributed by atoms with Crippen molar-refractivity contribution in [1.82, 2.24) is 15.2 Å². The van der Waals surface area contributed by atoms with E-state index in [9.17, 15) is 4.79 Å². The van der Waals surface area contributed by atoms with Crippen molar-refractivity contribution in [2.75, 3.05) is 5.01 Å². The quantitative estimate of drug-likeness (QED) is 0.299. The van der Waals surface area contributed by atoms with E-state index in [-0.39, 0.29) is 6.61 Å². The lowest BCUT2D eigenvalue weighted by Crippen LogP contribution is -2.48. The standard InChI is InChI=1S/C20H21BrN6O2/c21-14-6-8-15(9-7-14)26-11-10-19(25-26)29-12-17-16(13-4-5-13)2-1-3-18(17)27(23)20(28)24-22/h1-3,6-11,13H,4-5,12,22-23H2,(H,24,28). The zero-order chi connectivity index (χ0) is 20.4. The first kappa shape index (κ1) is 19.4. The maximum atomic E-state index is 11.9. The number of benzene rings is 2. The van der Waals surface area contributed by atoms with E-state index in [2.05, 4.69) is 32.5 Å². The van der Waals surface area contributed by atoms with E-state index < -0.39 is 6.03 Å². The molecule has 4 rings (SSSR count). The van der Waals surface area contributed by atoms with Gasteiger partial charge in [-0.3, -0.25) is 5.43 Å². The van der Waals surface area contributed by atoms with Gasteiger partial charge in [0.1, 0.15) is 6.61 Å². The minimum atomic E-state index is -0.598. The number of anilines is 1. The molecule has 1 heterocycles. The largest absolute Gasteiger partial charge is 0.472 e. The van der Waals surface area contributed by atoms with Gasteiger partial charge in [-0.25, -0.2) is 26.2 Å². The Hall–Kier alpha value is -2.88. The summed E-state index contributed by atoms with van der Waals surface area (Å²) in [5, 5.41) is 5.48. The van der Waals surface area contributed by atoms with Gasteiger partial charge in [0, 0.05) is 22.3 Å². The van der Waals surface area contributed by atoms with Gasteiger partial charge in [0.15, 0.2) is 0 Å². The van der Waals surface area contributed by atoms with E-state index in [1.807, 2.05) is 36.5 Å². The first-order chi connectivity index (χ1) is 14.1. The summed E-state index contributed by atoms with van der Waals surface area (Å²) in [6.45, 7) is 0.241. The minimum absolute atomic E-state index is 0.241. The summed E-state index contributed by atoms with van der Waals surface area (Å²) in [6.07, 6.45) is 4.06. The average Bonchev–Trinajstić information content (AvgIpc) is 3.49. The van der Waals surface area contributed by atoms with Crippen LogP contribution in [0, 0.1) is 0 Å². The topological polar surface area (TPSA) is 111 Å². The zero-order valence-corrected chi connectivity index (χ0v) is 17.2. The second kappa shape index (κ2) is 8.24. The zero-order valence-electron chi connectivity index (χ0n) is 15.6. The number of halogens is 1. The molecule has 1 aliphatic rings. The van der Waals surface area contributed by atoms with Crippen LogP contribution < -0.4 is 26.9 Å². The molecule has 0 spiro atoms. The number of aromatic nitrogens is 2. The van der Waals surface area contributed by atoms with Crippen LogP contribution in [0.1, 0.15) is 29.9 Å². The Kier molecular flexibility index (Phi) is 5.52. The number of hydrazine groups is 2. The number of hydrogen-bond acceptors (Lipinski definition) is 5. The minimum Gasteiger partial charge on any atom is -0.472 e. The first-order valence-electron chi connectivity index (χ1n) is 9.18. The molecule has 0 radical (unpaired) electrons. The second-order valence-corrected chi connectivity index (χ2v) is 7.72. The molecule has 0 unspecified atom stereocenters. The van der Waals surface area contributed by atoms with E-state index in [1.54, 1.807) is 16.8 Å². The molecule has 9 heteroatoms. The molecule has 2 aromatic carbocycles. The number of hydrogen-bond donors (Lipinski definition) is 3. The van der Waals surface area contributed by atoms with Crippen molar-refractivity contribution in [3.05, 3.63) is 70.3 Å². The van der Waals surface area contributed by atoms with E-state index in [1.165, 1.54) is 0 Å². The number of ether oxygens (including phenoxy) is 1. The highest BCUT2D eigenvalue weighted by Crippen LogP contribution is 2.43. The van der Waals surface area contributed by atoms with Crippen LogP contribution in [0.3, 0.4) is 0 Å². The molecule has 29 heavy (non-hydrogen) atoms. The molecule has 0 bridgehead atoms. The van der Waals surface area contributed by atoms with Crippen LogP contribution >= 0.6 is 15.9 Å². The normalized spacial score (nSPS) is 13.2. The molecule has 1 saturated carbocycles. The third-order valence-electron chi connectivity index (χ3n) is 4.83. The van der Waals surface area contributed by atoms with Gasteiger partial charge in [0.05, 0.1) is 11.4 Å². The van der Waals surface area contributed by atoms with Crippen LogP contribution in [-0.4, -0.2) is 15.8 Å². The molecule has 5 N–H and O–H groups in total. The Morgan fingerprint density at radius 3 is 2.69 bits per heavy atom. The first-order valence-corrected chi connectivity index (χ1v) is 9.97. The van der Waals surface area contributed by atoms with Crippen molar-refractivity contribution >= 4 is 27.6 Å². The molecular weight excluding hydrogens is 436 g/mol. The van der Waals surface area contributed by atoms with Gasteiger partial charge in [0.2, 0.25) is 5.88 Å². The number of nitrogens with zero attached hydrogens (tertiary/aromatic N) is 3. The van der Waals surface area contributed by atoms with Crippen molar-refractivity contribution in [3.63, 3.8) is 0 Å². The van der Waals surface area contributed by atoms with Gasteiger partial charge < -0.3 is 4.74 Å². The number of urea groups is 1. The molecule has 8 nitrogen and oxygen atoms in total. The maximum Gasteiger partial charge on any atom is 0.350 e. The fourth-order valence-corrected chi connectivity index (χ4v) is 3.46. The Balaban J connectivity index is 1.56. The number of nitrogens with one attached hydrogen (secondary N) is 1. The van der Waals surface area contributed by atoms with Gasteiger partial charge in [-0.15, -0.1) is 5.10 Å². The monoisotopic (exact) mass is 456 g/mol. The summed E-state index contributed by atoms with van der Waals surface area (Å²) in [5.41, 5.74) is 5.54. The molecule has 1 fully saturated rings. The lowest BCUT2D eigenvalue weighted by molar-refractivity contribution is 0.246. The molecule has 2 amide bonds. The third kappa shape index (κ3) is 4.26. The second-order valence-electron chi connectivity index (χ2n) is 6.80. The molecule has 0 atom stereocenters. The highest BCUT2D eigenvalue weighted by molar-refractivity contribution is 9.10. The lowest BCUT2D eigenvalue weighted by atomic mass is 10.0. The SMILES string of the molecule is NNC(=O)N(N)c1cccc(C2CC2)c1COc1ccn(-c2ccc(Br)cc2)n1. The van der Waals surface area contributed by atoms with Crippen LogP contribution in [-0.2, 0) is 6.61 Å². The Labute approximate surface area is 176 Å². The number of rotatable bonds is 6. The number of carbonyl (C=O) groups is 1. The van der Waals surface area contributed by atoms with Crippen LogP contribution in [0.4, 0.5) is 10.5 Å². The molecular formula is C20H21BrN6O2. The van der Waals surface area contributed by atoms with Crippen molar-refractivity contribution in [3.8, 4) is 11.6 Å². The predicted molar refractivity (Wildman–Crippen MR) is 113 cm³/mol. The van der Waals surface area contributed by atoms with Crippen LogP contribution in [0.15, 0.2) is 59.2 Å². The van der Waals surface area contributed by atoms with Gasteiger partial charge >= 0.3 is 6.03 Å². The van der Waals surface area contributed by atoms with Gasteiger partial charge in [-0.05, 0) is 54.7 Å². The number of amides is 2. The van der Waals surface area contributed by atoms with Gasteiger partial charge in [-0.2, -0.15) is 0 Å². The Bertz CT molecular complexity index is 1020. The number of carbonyl (C=O) groups excluding carboxylic acids is 1. The van der Waals surface area contributed by atoms with Crippen molar-refractivity contribution in [2.45, 2.75) is 25.4 Å². The van der Waals surface area contributed by atoms with E-state index in [0.29, 0.717) is 17.5 Å². The van der Waals surface area contributed by atoms with E-state index in [4.69, 9.17) is 16.4 Å². The Morgan fingerprint density at radius 1 is 1.24 bits per heavy atom. The Morgan fingerprint density at radius 2 is 2.00 bits per heavy atom. The third-order valence-corrected chi connectivity index (χ3v) is 5.36. The fraction of sp³-hybridized carbons (Fsp3) is 0.200. The van der Waals surface area contributed by atoms with Crippen molar-refractivity contribution in [2.24, 2.45) is 11.7 Å². The van der Waals surface area contributed by atoms with Crippen molar-refractivity contribution in [1.29, 1.82) is 0 Å². The number of nitrogens with two attached hydrogens (primary N) is 2. The average molecular weight is 457 g/mol. The molecule has 0 aliphatic heterocycles. The highest BCUT2D eigenvalue weighted by atomic mass is 79.9. The molecule has 1 aromatic heterocycles. The molecule has 1 aliphatic carbocycles. The van der Waals surface area contributed by atoms with E-state index >= 15 is 0 Å². The fourth-order valence-electron chi connectivity index (χ4n) is 3.20. The summed E-state index contributed by atoms with van der Waals surface area (Å²) in [7, 11) is 0. The van der Waals surface area contributed by atoms with Gasteiger partial charge in [0.25, 0.3) is 0 Å². The summed E-state index contributed by atoms with van der Waals surface area (Å²) < 4.78 is 8.70. The van der Waals surface area contributed by atoms with Crippen LogP contribution in [0.25, 0.3) is 5.69 Å². The van der Waals surface area contributed by atoms with Crippen LogP contribution in [0.2, 0.25) is 0 Å². The van der Waals surface area contributed by atoms with E-state index in [0.717, 1.165) is 39.1 Å². The summed E-state index contributed by atoms with van der Waals surface area (Å²) in [5.74, 6) is 12.1. The summed E-state index contributed by atoms with van der Waals surface area (Å²) >= 11 is 3.43.